The van der Waals surface area contributed by atoms with Crippen LogP contribution in [-0.4, -0.2) is 23.7 Å². The van der Waals surface area contributed by atoms with E-state index < -0.39 is 6.10 Å². The zero-order valence-corrected chi connectivity index (χ0v) is 13.3. The standard InChI is InChI=1S/C15H18N4O2S/c1-10(2)9-17-15(22)19-18-14(20)11(3)21-13-6-4-12(8-16)5-7-13/h4-7,11H,1,9H2,2-3H3,(H,18,20)(H2,17,19,22)/t11-/m0/s1. The van der Waals surface area contributed by atoms with Crippen LogP contribution in [0.3, 0.4) is 0 Å². The van der Waals surface area contributed by atoms with Gasteiger partial charge in [0.25, 0.3) is 5.91 Å². The Labute approximate surface area is 135 Å². The number of carbonyl (C=O) groups excluding carboxylic acids is 1. The smallest absolute Gasteiger partial charge is 0.279 e. The van der Waals surface area contributed by atoms with E-state index >= 15 is 0 Å². The Bertz CT molecular complexity index is 593. The maximum Gasteiger partial charge on any atom is 0.279 e. The first-order chi connectivity index (χ1) is 10.4. The highest BCUT2D eigenvalue weighted by atomic mass is 32.1. The molecule has 0 aliphatic carbocycles. The fourth-order valence-corrected chi connectivity index (χ4v) is 1.48. The minimum Gasteiger partial charge on any atom is -0.481 e. The molecule has 0 saturated heterocycles. The molecule has 0 heterocycles. The van der Waals surface area contributed by atoms with Gasteiger partial charge in [0.15, 0.2) is 11.2 Å². The summed E-state index contributed by atoms with van der Waals surface area (Å²) in [4.78, 5) is 11.9. The Morgan fingerprint density at radius 1 is 1.41 bits per heavy atom. The van der Waals surface area contributed by atoms with Gasteiger partial charge in [-0.25, -0.2) is 0 Å². The van der Waals surface area contributed by atoms with Crippen LogP contribution in [0.5, 0.6) is 5.75 Å². The van der Waals surface area contributed by atoms with Crippen LogP contribution in [0.2, 0.25) is 0 Å². The van der Waals surface area contributed by atoms with Crippen molar-refractivity contribution < 1.29 is 9.53 Å². The molecule has 1 aromatic carbocycles. The number of hydrazine groups is 1. The molecule has 0 bridgehead atoms. The lowest BCUT2D eigenvalue weighted by Crippen LogP contribution is -2.50. The Balaban J connectivity index is 2.39. The third-order valence-electron chi connectivity index (χ3n) is 2.52. The lowest BCUT2D eigenvalue weighted by molar-refractivity contribution is -0.127. The number of benzene rings is 1. The molecule has 0 unspecified atom stereocenters. The van der Waals surface area contributed by atoms with Gasteiger partial charge < -0.3 is 10.1 Å². The van der Waals surface area contributed by atoms with Gasteiger partial charge in [0.2, 0.25) is 0 Å². The summed E-state index contributed by atoms with van der Waals surface area (Å²) in [6.07, 6.45) is -0.718. The molecule has 3 N–H and O–H groups in total. The number of nitrogens with zero attached hydrogens (tertiary/aromatic N) is 1. The maximum atomic E-state index is 11.9. The van der Waals surface area contributed by atoms with Crippen molar-refractivity contribution in [3.8, 4) is 11.8 Å². The molecule has 0 aromatic heterocycles. The van der Waals surface area contributed by atoms with E-state index in [9.17, 15) is 4.79 Å². The Morgan fingerprint density at radius 2 is 2.05 bits per heavy atom. The summed E-state index contributed by atoms with van der Waals surface area (Å²) in [5.41, 5.74) is 6.48. The average Bonchev–Trinajstić information content (AvgIpc) is 2.51. The number of amides is 1. The lowest BCUT2D eigenvalue weighted by Gasteiger charge is -2.16. The van der Waals surface area contributed by atoms with E-state index in [4.69, 9.17) is 22.2 Å². The number of nitriles is 1. The van der Waals surface area contributed by atoms with E-state index in [1.807, 2.05) is 13.0 Å². The molecule has 6 nitrogen and oxygen atoms in total. The lowest BCUT2D eigenvalue weighted by atomic mass is 10.2. The SMILES string of the molecule is C=C(C)CNC(=S)NNC(=O)[C@H](C)Oc1ccc(C#N)cc1. The fraction of sp³-hybridized carbons (Fsp3) is 0.267. The number of carbonyl (C=O) groups is 1. The van der Waals surface area contributed by atoms with Crippen molar-refractivity contribution in [2.24, 2.45) is 0 Å². The number of nitrogens with one attached hydrogen (secondary N) is 3. The van der Waals surface area contributed by atoms with E-state index in [1.165, 1.54) is 0 Å². The molecule has 116 valence electrons. The summed E-state index contributed by atoms with van der Waals surface area (Å²) in [5.74, 6) is 0.133. The van der Waals surface area contributed by atoms with Crippen molar-refractivity contribution in [2.45, 2.75) is 20.0 Å². The highest BCUT2D eigenvalue weighted by Crippen LogP contribution is 2.13. The van der Waals surface area contributed by atoms with Crippen LogP contribution in [0, 0.1) is 11.3 Å². The largest absolute Gasteiger partial charge is 0.481 e. The van der Waals surface area contributed by atoms with E-state index in [1.54, 1.807) is 31.2 Å². The van der Waals surface area contributed by atoms with Crippen LogP contribution >= 0.6 is 12.2 Å². The van der Waals surface area contributed by atoms with Crippen LogP contribution in [0.1, 0.15) is 19.4 Å². The molecule has 1 aromatic rings. The first-order valence-electron chi connectivity index (χ1n) is 6.57. The summed E-state index contributed by atoms with van der Waals surface area (Å²) in [5, 5.41) is 11.9. The van der Waals surface area contributed by atoms with Crippen LogP contribution in [0.15, 0.2) is 36.4 Å². The molecule has 0 spiro atoms. The van der Waals surface area contributed by atoms with Gasteiger partial charge in [0, 0.05) is 6.54 Å². The normalized spacial score (nSPS) is 10.8. The number of ether oxygens (including phenoxy) is 1. The number of hydrogen-bond acceptors (Lipinski definition) is 4. The topological polar surface area (TPSA) is 86.2 Å². The van der Waals surface area contributed by atoms with Gasteiger partial charge in [-0.05, 0) is 50.3 Å². The molecule has 0 radical (unpaired) electrons. The minimum atomic E-state index is -0.718. The zero-order chi connectivity index (χ0) is 16.5. The molecular formula is C15H18N4O2S. The Kier molecular flexibility index (Phi) is 6.86. The predicted molar refractivity (Wildman–Crippen MR) is 87.9 cm³/mol. The summed E-state index contributed by atoms with van der Waals surface area (Å²) in [6.45, 7) is 7.73. The monoisotopic (exact) mass is 318 g/mol. The van der Waals surface area contributed by atoms with Gasteiger partial charge in [-0.15, -0.1) is 0 Å². The van der Waals surface area contributed by atoms with Gasteiger partial charge in [-0.2, -0.15) is 5.26 Å². The summed E-state index contributed by atoms with van der Waals surface area (Å²) < 4.78 is 5.47. The highest BCUT2D eigenvalue weighted by molar-refractivity contribution is 7.80. The van der Waals surface area contributed by atoms with Crippen molar-refractivity contribution >= 4 is 23.2 Å². The van der Waals surface area contributed by atoms with Crippen molar-refractivity contribution in [2.75, 3.05) is 6.54 Å². The summed E-state index contributed by atoms with van der Waals surface area (Å²) >= 11 is 4.99. The maximum absolute atomic E-state index is 11.9. The molecule has 1 atom stereocenters. The molecule has 0 aliphatic rings. The van der Waals surface area contributed by atoms with Crippen molar-refractivity contribution in [3.63, 3.8) is 0 Å². The summed E-state index contributed by atoms with van der Waals surface area (Å²) in [7, 11) is 0. The Morgan fingerprint density at radius 3 is 2.59 bits per heavy atom. The quantitative estimate of drug-likeness (QED) is 0.432. The predicted octanol–water partition coefficient (Wildman–Crippen LogP) is 1.40. The van der Waals surface area contributed by atoms with Crippen LogP contribution < -0.4 is 20.9 Å². The zero-order valence-electron chi connectivity index (χ0n) is 12.5. The fourth-order valence-electron chi connectivity index (χ4n) is 1.36. The van der Waals surface area contributed by atoms with E-state index in [2.05, 4.69) is 22.7 Å². The third-order valence-corrected chi connectivity index (χ3v) is 2.76. The molecular weight excluding hydrogens is 300 g/mol. The van der Waals surface area contributed by atoms with Gasteiger partial charge in [-0.3, -0.25) is 15.6 Å². The van der Waals surface area contributed by atoms with E-state index in [0.717, 1.165) is 5.57 Å². The molecule has 0 saturated carbocycles. The van der Waals surface area contributed by atoms with Crippen LogP contribution in [-0.2, 0) is 4.79 Å². The molecule has 22 heavy (non-hydrogen) atoms. The van der Waals surface area contributed by atoms with Gasteiger partial charge in [0.1, 0.15) is 5.75 Å². The van der Waals surface area contributed by atoms with Gasteiger partial charge >= 0.3 is 0 Å². The highest BCUT2D eigenvalue weighted by Gasteiger charge is 2.14. The second kappa shape index (κ2) is 8.64. The first-order valence-corrected chi connectivity index (χ1v) is 6.98. The molecule has 7 heteroatoms. The van der Waals surface area contributed by atoms with E-state index in [0.29, 0.717) is 23.0 Å². The Hall–Kier alpha value is -2.59. The second-order valence-corrected chi connectivity index (χ2v) is 5.06. The van der Waals surface area contributed by atoms with Crippen molar-refractivity contribution in [3.05, 3.63) is 42.0 Å². The van der Waals surface area contributed by atoms with Gasteiger partial charge in [-0.1, -0.05) is 12.2 Å². The molecule has 1 amide bonds. The van der Waals surface area contributed by atoms with Gasteiger partial charge in [0.05, 0.1) is 11.6 Å². The average molecular weight is 318 g/mol. The minimum absolute atomic E-state index is 0.293. The van der Waals surface area contributed by atoms with Crippen molar-refractivity contribution in [1.82, 2.24) is 16.2 Å². The van der Waals surface area contributed by atoms with Crippen LogP contribution in [0.4, 0.5) is 0 Å². The molecule has 1 rings (SSSR count). The second-order valence-electron chi connectivity index (χ2n) is 4.65. The summed E-state index contributed by atoms with van der Waals surface area (Å²) in [6, 6.07) is 8.52. The first kappa shape index (κ1) is 17.5. The van der Waals surface area contributed by atoms with E-state index in [-0.39, 0.29) is 5.91 Å². The number of hydrogen-bond donors (Lipinski definition) is 3. The number of rotatable bonds is 5. The number of thiocarbonyl (C=S) groups is 1. The third kappa shape index (κ3) is 6.24. The van der Waals surface area contributed by atoms with Crippen LogP contribution in [0.25, 0.3) is 0 Å². The van der Waals surface area contributed by atoms with Crippen molar-refractivity contribution in [1.29, 1.82) is 5.26 Å². The molecule has 0 aliphatic heterocycles. The molecule has 0 fully saturated rings.